The third-order valence-corrected chi connectivity index (χ3v) is 10.4. The molecule has 4 aliphatic heterocycles. The largest absolute Gasteiger partial charge is 0.480 e. The number of amides is 5. The molecular formula is C37H63N5O11. The summed E-state index contributed by atoms with van der Waals surface area (Å²) in [5, 5.41) is 32.2. The van der Waals surface area contributed by atoms with Gasteiger partial charge in [-0.05, 0) is 123 Å². The minimum absolute atomic E-state index is 0.146. The van der Waals surface area contributed by atoms with Gasteiger partial charge in [-0.25, -0.2) is 14.4 Å². The second-order valence-electron chi connectivity index (χ2n) is 18.0. The van der Waals surface area contributed by atoms with Gasteiger partial charge in [0.25, 0.3) is 11.8 Å². The minimum atomic E-state index is -1.32. The summed E-state index contributed by atoms with van der Waals surface area (Å²) in [6.07, 6.45) is -1.03. The Morgan fingerprint density at radius 2 is 1.21 bits per heavy atom. The van der Waals surface area contributed by atoms with Crippen LogP contribution < -0.4 is 5.32 Å². The van der Waals surface area contributed by atoms with Gasteiger partial charge in [-0.3, -0.25) is 24.2 Å². The fourth-order valence-electron chi connectivity index (χ4n) is 8.21. The van der Waals surface area contributed by atoms with Crippen LogP contribution in [-0.4, -0.2) is 148 Å². The molecule has 0 saturated carbocycles. The molecule has 0 aromatic carbocycles. The molecule has 0 radical (unpaired) electrons. The number of carbonyl (C=O) groups is 6. The summed E-state index contributed by atoms with van der Waals surface area (Å²) in [7, 11) is 0. The molecule has 4 aliphatic rings. The van der Waals surface area contributed by atoms with Crippen molar-refractivity contribution in [2.75, 3.05) is 6.54 Å². The lowest BCUT2D eigenvalue weighted by Crippen LogP contribution is -2.82. The van der Waals surface area contributed by atoms with Crippen LogP contribution in [0.3, 0.4) is 0 Å². The molecule has 4 heterocycles. The Hall–Kier alpha value is -3.66. The molecule has 4 fully saturated rings. The summed E-state index contributed by atoms with van der Waals surface area (Å²) in [6, 6.07) is -3.40. The van der Waals surface area contributed by atoms with E-state index in [1.54, 1.807) is 53.4 Å². The topological polar surface area (TPSA) is 207 Å². The van der Waals surface area contributed by atoms with Gasteiger partial charge < -0.3 is 39.9 Å². The van der Waals surface area contributed by atoms with Gasteiger partial charge >= 0.3 is 18.2 Å². The van der Waals surface area contributed by atoms with E-state index >= 15 is 0 Å². The molecule has 2 spiro atoms. The Balaban J connectivity index is 0.000000290. The van der Waals surface area contributed by atoms with Crippen LogP contribution in [0.2, 0.25) is 0 Å². The van der Waals surface area contributed by atoms with Crippen molar-refractivity contribution in [2.24, 2.45) is 0 Å². The first-order chi connectivity index (χ1) is 24.0. The monoisotopic (exact) mass is 753 g/mol. The molecule has 5 amide bonds. The Morgan fingerprint density at radius 3 is 1.62 bits per heavy atom. The van der Waals surface area contributed by atoms with Crippen LogP contribution in [0, 0.1) is 0 Å². The van der Waals surface area contributed by atoms with Gasteiger partial charge in [-0.2, -0.15) is 0 Å². The fourth-order valence-corrected chi connectivity index (χ4v) is 8.21. The summed E-state index contributed by atoms with van der Waals surface area (Å²) < 4.78 is 11.0. The Morgan fingerprint density at radius 1 is 0.755 bits per heavy atom. The van der Waals surface area contributed by atoms with Gasteiger partial charge in [-0.15, -0.1) is 0 Å². The maximum Gasteiger partial charge on any atom is 0.411 e. The minimum Gasteiger partial charge on any atom is -0.480 e. The molecule has 16 nitrogen and oxygen atoms in total. The van der Waals surface area contributed by atoms with Gasteiger partial charge in [-0.1, -0.05) is 0 Å². The number of β-lactam (4-membered cyclic amide) rings is 2. The second-order valence-corrected chi connectivity index (χ2v) is 18.0. The normalized spacial score (nSPS) is 29.5. The molecule has 16 heteroatoms. The van der Waals surface area contributed by atoms with E-state index in [-0.39, 0.29) is 11.9 Å². The number of hydrogen-bond acceptors (Lipinski definition) is 10. The number of aliphatic carboxylic acids is 1. The van der Waals surface area contributed by atoms with E-state index in [1.807, 2.05) is 34.6 Å². The average Bonchev–Trinajstić information content (AvgIpc) is 3.60. The van der Waals surface area contributed by atoms with Crippen molar-refractivity contribution in [2.45, 2.75) is 193 Å². The van der Waals surface area contributed by atoms with E-state index < -0.39 is 94.2 Å². The van der Waals surface area contributed by atoms with Crippen LogP contribution in [0.5, 0.6) is 0 Å². The highest BCUT2D eigenvalue weighted by atomic mass is 16.6. The van der Waals surface area contributed by atoms with Crippen LogP contribution in [0.1, 0.15) is 123 Å². The highest BCUT2D eigenvalue weighted by Gasteiger charge is 2.70. The van der Waals surface area contributed by atoms with Crippen molar-refractivity contribution in [1.29, 1.82) is 0 Å². The zero-order valence-electron chi connectivity index (χ0n) is 34.0. The summed E-state index contributed by atoms with van der Waals surface area (Å²) in [5.74, 6) is -2.42. The highest BCUT2D eigenvalue weighted by molar-refractivity contribution is 6.01. The van der Waals surface area contributed by atoms with E-state index in [9.17, 15) is 44.1 Å². The van der Waals surface area contributed by atoms with Gasteiger partial charge in [0.05, 0.1) is 24.3 Å². The lowest BCUT2D eigenvalue weighted by molar-refractivity contribution is -0.187. The average molecular weight is 754 g/mol. The van der Waals surface area contributed by atoms with Crippen LogP contribution in [0.25, 0.3) is 0 Å². The first-order valence-corrected chi connectivity index (χ1v) is 18.6. The van der Waals surface area contributed by atoms with Crippen molar-refractivity contribution in [3.8, 4) is 0 Å². The molecule has 4 rings (SSSR count). The summed E-state index contributed by atoms with van der Waals surface area (Å²) in [6.45, 7) is 24.8. The second kappa shape index (κ2) is 14.9. The standard InChI is InChI=1S/C21H37N3O5.C16H26N2O6/c1-12-10-11-21(24(12)18(28)29-20(7,8)9)14(3)23(17(21)27)15(13(2)25)16(26)22-19(4,5)6;1-9(19)11(12(20)21)18-10(2)16(13(18)22)7-6-8-17(16)14(23)24-15(3,4)5/h12-15,25H,10-11H2,1-9H3,(H,22,26);9-11,19H,6-8H2,1-5H3,(H,20,21)/t12?,13-,14?,15+,21?;9-,10?,11+,16?/m11/s1. The third kappa shape index (κ3) is 8.23. The number of carboxylic acid groups (broad SMARTS) is 1. The Bertz CT molecular complexity index is 1450. The molecule has 0 aliphatic carbocycles. The zero-order valence-corrected chi connectivity index (χ0v) is 34.0. The number of nitrogens with one attached hydrogen (secondary N) is 1. The number of aliphatic hydroxyl groups is 2. The summed E-state index contributed by atoms with van der Waals surface area (Å²) in [4.78, 5) is 81.4. The predicted molar refractivity (Wildman–Crippen MR) is 193 cm³/mol. The van der Waals surface area contributed by atoms with E-state index in [1.165, 1.54) is 23.6 Å². The van der Waals surface area contributed by atoms with Crippen molar-refractivity contribution in [1.82, 2.24) is 24.9 Å². The van der Waals surface area contributed by atoms with Crippen LogP contribution >= 0.6 is 0 Å². The van der Waals surface area contributed by atoms with Gasteiger partial charge in [0.1, 0.15) is 28.3 Å². The summed E-state index contributed by atoms with van der Waals surface area (Å²) >= 11 is 0. The number of likely N-dealkylation sites (tertiary alicyclic amines) is 4. The van der Waals surface area contributed by atoms with Crippen molar-refractivity contribution < 1.29 is 53.6 Å². The first kappa shape index (κ1) is 43.7. The first-order valence-electron chi connectivity index (χ1n) is 18.6. The number of hydrogen-bond donors (Lipinski definition) is 4. The van der Waals surface area contributed by atoms with Gasteiger partial charge in [0, 0.05) is 18.1 Å². The van der Waals surface area contributed by atoms with Crippen LogP contribution in [-0.2, 0) is 28.7 Å². The van der Waals surface area contributed by atoms with Gasteiger partial charge in [0.2, 0.25) is 5.91 Å². The molecule has 9 atom stereocenters. The quantitative estimate of drug-likeness (QED) is 0.290. The molecule has 4 saturated heterocycles. The third-order valence-electron chi connectivity index (χ3n) is 10.4. The Labute approximate surface area is 313 Å². The molecule has 0 bridgehead atoms. The molecule has 4 N–H and O–H groups in total. The maximum atomic E-state index is 13.4. The van der Waals surface area contributed by atoms with Gasteiger partial charge in [0.15, 0.2) is 6.04 Å². The van der Waals surface area contributed by atoms with Crippen molar-refractivity contribution in [3.05, 3.63) is 0 Å². The lowest BCUT2D eigenvalue weighted by atomic mass is 9.75. The van der Waals surface area contributed by atoms with E-state index in [2.05, 4.69) is 5.32 Å². The smallest absolute Gasteiger partial charge is 0.411 e. The molecule has 0 aromatic rings. The number of rotatable bonds is 6. The van der Waals surface area contributed by atoms with Crippen molar-refractivity contribution >= 4 is 35.9 Å². The number of carboxylic acids is 1. The molecular weight excluding hydrogens is 690 g/mol. The Kier molecular flexibility index (Phi) is 12.3. The van der Waals surface area contributed by atoms with Crippen LogP contribution in [0.4, 0.5) is 9.59 Å². The predicted octanol–water partition coefficient (Wildman–Crippen LogP) is 2.86. The van der Waals surface area contributed by atoms with E-state index in [4.69, 9.17) is 9.47 Å². The number of nitrogens with zero attached hydrogens (tertiary/aromatic N) is 4. The molecule has 0 aromatic heterocycles. The maximum absolute atomic E-state index is 13.4. The molecule has 53 heavy (non-hydrogen) atoms. The fraction of sp³-hybridized carbons (Fsp3) is 0.838. The number of aliphatic hydroxyl groups excluding tert-OH is 2. The van der Waals surface area contributed by atoms with Crippen LogP contribution in [0.15, 0.2) is 0 Å². The van der Waals surface area contributed by atoms with E-state index in [0.717, 1.165) is 4.90 Å². The molecule has 5 unspecified atom stereocenters. The number of ether oxygens (including phenoxy) is 2. The lowest BCUT2D eigenvalue weighted by Gasteiger charge is -2.59. The van der Waals surface area contributed by atoms with E-state index in [0.29, 0.717) is 32.2 Å². The molecule has 302 valence electrons. The SMILES string of the molecule is CC1CCC2(C(=O)N([C@H](C(=O)NC(C)(C)C)[C@@H](C)O)C2C)N1C(=O)OC(C)(C)C.CC1N([C@H](C(=O)O)[C@@H](C)O)C(=O)C12CCCN2C(=O)OC(C)(C)C. The summed E-state index contributed by atoms with van der Waals surface area (Å²) in [5.41, 5.74) is -3.95. The zero-order chi connectivity index (χ0) is 41.0. The number of carbonyl (C=O) groups excluding carboxylic acids is 5. The van der Waals surface area contributed by atoms with Crippen molar-refractivity contribution in [3.63, 3.8) is 0 Å². The highest BCUT2D eigenvalue weighted by Crippen LogP contribution is 2.49.